The van der Waals surface area contributed by atoms with E-state index in [1.54, 1.807) is 32.1 Å². The molecule has 0 aliphatic heterocycles. The standard InChI is InChI=1S/C13H16INO2/c1-10(8-9-17-3)13(16)15(2)12-7-5-4-6-11(12)14/h4-8H,9H2,1-3H3/b10-8-. The molecule has 1 aromatic rings. The highest BCUT2D eigenvalue weighted by atomic mass is 127. The molecule has 4 heteroatoms. The third-order valence-corrected chi connectivity index (χ3v) is 3.32. The average Bonchev–Trinajstić information content (AvgIpc) is 2.34. The van der Waals surface area contributed by atoms with Gasteiger partial charge in [-0.1, -0.05) is 18.2 Å². The maximum Gasteiger partial charge on any atom is 0.253 e. The highest BCUT2D eigenvalue weighted by molar-refractivity contribution is 14.1. The molecular weight excluding hydrogens is 329 g/mol. The molecule has 0 fully saturated rings. The van der Waals surface area contributed by atoms with Crippen molar-refractivity contribution in [3.05, 3.63) is 39.5 Å². The van der Waals surface area contributed by atoms with Gasteiger partial charge < -0.3 is 9.64 Å². The fourth-order valence-corrected chi connectivity index (χ4v) is 2.14. The van der Waals surface area contributed by atoms with E-state index in [0.717, 1.165) is 9.26 Å². The van der Waals surface area contributed by atoms with Gasteiger partial charge in [0.15, 0.2) is 0 Å². The molecule has 1 amide bonds. The molecule has 0 aliphatic rings. The topological polar surface area (TPSA) is 29.5 Å². The lowest BCUT2D eigenvalue weighted by Gasteiger charge is -2.19. The van der Waals surface area contributed by atoms with Crippen molar-refractivity contribution in [1.29, 1.82) is 0 Å². The number of halogens is 1. The molecule has 0 N–H and O–H groups in total. The molecule has 0 radical (unpaired) electrons. The Morgan fingerprint density at radius 2 is 2.12 bits per heavy atom. The van der Waals surface area contributed by atoms with E-state index in [-0.39, 0.29) is 5.91 Å². The molecule has 0 aliphatic carbocycles. The van der Waals surface area contributed by atoms with E-state index >= 15 is 0 Å². The lowest BCUT2D eigenvalue weighted by molar-refractivity contribution is -0.114. The van der Waals surface area contributed by atoms with Crippen molar-refractivity contribution in [2.24, 2.45) is 0 Å². The van der Waals surface area contributed by atoms with E-state index in [1.807, 2.05) is 24.3 Å². The number of anilines is 1. The van der Waals surface area contributed by atoms with E-state index in [9.17, 15) is 4.79 Å². The smallest absolute Gasteiger partial charge is 0.253 e. The molecule has 0 heterocycles. The summed E-state index contributed by atoms with van der Waals surface area (Å²) in [7, 11) is 3.39. The molecule has 92 valence electrons. The number of nitrogens with zero attached hydrogens (tertiary/aromatic N) is 1. The van der Waals surface area contributed by atoms with Crippen molar-refractivity contribution < 1.29 is 9.53 Å². The molecule has 3 nitrogen and oxygen atoms in total. The lowest BCUT2D eigenvalue weighted by atomic mass is 10.2. The number of carbonyl (C=O) groups excluding carboxylic acids is 1. The maximum atomic E-state index is 12.1. The van der Waals surface area contributed by atoms with Gasteiger partial charge in [-0.25, -0.2) is 0 Å². The number of ether oxygens (including phenoxy) is 1. The minimum Gasteiger partial charge on any atom is -0.381 e. The van der Waals surface area contributed by atoms with Crippen LogP contribution in [0.4, 0.5) is 5.69 Å². The summed E-state index contributed by atoms with van der Waals surface area (Å²) in [5.74, 6) is -0.00818. The second kappa shape index (κ2) is 6.76. The molecule has 0 saturated carbocycles. The van der Waals surface area contributed by atoms with Crippen LogP contribution in [0.3, 0.4) is 0 Å². The zero-order valence-electron chi connectivity index (χ0n) is 10.2. The number of methoxy groups -OCH3 is 1. The Morgan fingerprint density at radius 1 is 1.47 bits per heavy atom. The monoisotopic (exact) mass is 345 g/mol. The molecule has 0 atom stereocenters. The van der Waals surface area contributed by atoms with E-state index in [0.29, 0.717) is 12.2 Å². The second-order valence-electron chi connectivity index (χ2n) is 3.66. The molecule has 1 aromatic carbocycles. The Kier molecular flexibility index (Phi) is 5.64. The van der Waals surface area contributed by atoms with Crippen molar-refractivity contribution in [2.45, 2.75) is 6.92 Å². The minimum absolute atomic E-state index is 0.00818. The number of hydrogen-bond donors (Lipinski definition) is 0. The largest absolute Gasteiger partial charge is 0.381 e. The number of carbonyl (C=O) groups is 1. The lowest BCUT2D eigenvalue weighted by Crippen LogP contribution is -2.27. The van der Waals surface area contributed by atoms with Gasteiger partial charge in [0.1, 0.15) is 0 Å². The second-order valence-corrected chi connectivity index (χ2v) is 4.82. The number of rotatable bonds is 4. The first-order valence-corrected chi connectivity index (χ1v) is 6.34. The Balaban J connectivity index is 2.87. The van der Waals surface area contributed by atoms with Crippen LogP contribution in [0, 0.1) is 3.57 Å². The van der Waals surface area contributed by atoms with Crippen LogP contribution < -0.4 is 4.90 Å². The Labute approximate surface area is 116 Å². The third kappa shape index (κ3) is 3.81. The van der Waals surface area contributed by atoms with Gasteiger partial charge in [-0.2, -0.15) is 0 Å². The van der Waals surface area contributed by atoms with Crippen LogP contribution in [0.2, 0.25) is 0 Å². The number of hydrogen-bond acceptors (Lipinski definition) is 2. The van der Waals surface area contributed by atoms with Crippen molar-refractivity contribution in [3.63, 3.8) is 0 Å². The zero-order valence-corrected chi connectivity index (χ0v) is 12.4. The number of para-hydroxylation sites is 1. The van der Waals surface area contributed by atoms with Gasteiger partial charge in [-0.15, -0.1) is 0 Å². The van der Waals surface area contributed by atoms with Crippen LogP contribution in [0.25, 0.3) is 0 Å². The predicted molar refractivity (Wildman–Crippen MR) is 78.2 cm³/mol. The summed E-state index contributed by atoms with van der Waals surface area (Å²) in [5, 5.41) is 0. The average molecular weight is 345 g/mol. The molecule has 0 bridgehead atoms. The van der Waals surface area contributed by atoms with Crippen LogP contribution in [-0.2, 0) is 9.53 Å². The number of likely N-dealkylation sites (N-methyl/N-ethyl adjacent to an activating group) is 1. The molecule has 0 unspecified atom stereocenters. The molecule has 17 heavy (non-hydrogen) atoms. The first-order chi connectivity index (χ1) is 8.07. The maximum absolute atomic E-state index is 12.1. The number of benzene rings is 1. The fraction of sp³-hybridized carbons (Fsp3) is 0.308. The van der Waals surface area contributed by atoms with Crippen LogP contribution in [0.15, 0.2) is 35.9 Å². The van der Waals surface area contributed by atoms with Gasteiger partial charge in [0.2, 0.25) is 0 Å². The first-order valence-electron chi connectivity index (χ1n) is 5.26. The normalized spacial score (nSPS) is 11.4. The third-order valence-electron chi connectivity index (χ3n) is 2.41. The van der Waals surface area contributed by atoms with Crippen molar-refractivity contribution >= 4 is 34.2 Å². The molecule has 0 spiro atoms. The predicted octanol–water partition coefficient (Wildman–Crippen LogP) is 2.85. The van der Waals surface area contributed by atoms with Crippen molar-refractivity contribution in [1.82, 2.24) is 0 Å². The van der Waals surface area contributed by atoms with Crippen LogP contribution >= 0.6 is 22.6 Å². The summed E-state index contributed by atoms with van der Waals surface area (Å²) in [6.45, 7) is 2.25. The van der Waals surface area contributed by atoms with E-state index in [1.165, 1.54) is 0 Å². The van der Waals surface area contributed by atoms with E-state index < -0.39 is 0 Å². The van der Waals surface area contributed by atoms with Gasteiger partial charge in [-0.05, 0) is 41.6 Å². The summed E-state index contributed by atoms with van der Waals surface area (Å²) in [6, 6.07) is 7.80. The van der Waals surface area contributed by atoms with Gasteiger partial charge in [0, 0.05) is 23.3 Å². The minimum atomic E-state index is -0.00818. The van der Waals surface area contributed by atoms with Crippen LogP contribution in [0.5, 0.6) is 0 Å². The molecular formula is C13H16INO2. The van der Waals surface area contributed by atoms with Gasteiger partial charge >= 0.3 is 0 Å². The summed E-state index contributed by atoms with van der Waals surface area (Å²) < 4.78 is 5.98. The quantitative estimate of drug-likeness (QED) is 0.620. The van der Waals surface area contributed by atoms with Crippen LogP contribution in [-0.4, -0.2) is 26.7 Å². The van der Waals surface area contributed by atoms with Gasteiger partial charge in [0.25, 0.3) is 5.91 Å². The first kappa shape index (κ1) is 14.2. The molecule has 1 rings (SSSR count). The molecule has 0 saturated heterocycles. The zero-order chi connectivity index (χ0) is 12.8. The number of amides is 1. The fourth-order valence-electron chi connectivity index (χ4n) is 1.39. The summed E-state index contributed by atoms with van der Waals surface area (Å²) in [5.41, 5.74) is 1.61. The Morgan fingerprint density at radius 3 is 2.71 bits per heavy atom. The SMILES string of the molecule is COC/C=C(/C)C(=O)N(C)c1ccccc1I. The summed E-state index contributed by atoms with van der Waals surface area (Å²) >= 11 is 2.22. The van der Waals surface area contributed by atoms with Gasteiger partial charge in [0.05, 0.1) is 12.3 Å². The van der Waals surface area contributed by atoms with Crippen molar-refractivity contribution in [3.8, 4) is 0 Å². The summed E-state index contributed by atoms with van der Waals surface area (Å²) in [4.78, 5) is 13.8. The highest BCUT2D eigenvalue weighted by Gasteiger charge is 2.14. The van der Waals surface area contributed by atoms with E-state index in [2.05, 4.69) is 22.6 Å². The van der Waals surface area contributed by atoms with E-state index in [4.69, 9.17) is 4.74 Å². The molecule has 0 aromatic heterocycles. The Hall–Kier alpha value is -0.880. The highest BCUT2D eigenvalue weighted by Crippen LogP contribution is 2.22. The summed E-state index contributed by atoms with van der Waals surface area (Å²) in [6.07, 6.45) is 1.79. The van der Waals surface area contributed by atoms with Gasteiger partial charge in [-0.3, -0.25) is 4.79 Å². The van der Waals surface area contributed by atoms with Crippen LogP contribution in [0.1, 0.15) is 6.92 Å². The Bertz CT molecular complexity index is 429. The van der Waals surface area contributed by atoms with Crippen molar-refractivity contribution in [2.75, 3.05) is 25.7 Å².